The summed E-state index contributed by atoms with van der Waals surface area (Å²) in [5, 5.41) is 6.36. The summed E-state index contributed by atoms with van der Waals surface area (Å²) in [5.74, 6) is 1.02. The Bertz CT molecular complexity index is 1440. The van der Waals surface area contributed by atoms with Crippen LogP contribution < -0.4 is 24.8 Å². The number of benzene rings is 2. The molecule has 4 N–H and O–H groups in total. The van der Waals surface area contributed by atoms with Crippen LogP contribution >= 0.6 is 0 Å². The number of hydrogen-bond donors (Lipinski definition) is 4. The number of pyridine rings is 1. The van der Waals surface area contributed by atoms with E-state index in [4.69, 9.17) is 14.2 Å². The number of nitrogens with one attached hydrogen (secondary N) is 3. The molecule has 220 valence electrons. The molecule has 11 heteroatoms. The minimum atomic E-state index is -3.34. The number of methoxy groups -OCH3 is 1. The molecule has 10 nitrogen and oxygen atoms in total. The van der Waals surface area contributed by atoms with Crippen LogP contribution in [0.3, 0.4) is 0 Å². The zero-order valence-corrected chi connectivity index (χ0v) is 25.2. The topological polar surface area (TPSA) is 131 Å². The second-order valence-electron chi connectivity index (χ2n) is 11.2. The van der Waals surface area contributed by atoms with Crippen molar-refractivity contribution in [3.8, 4) is 17.2 Å². The second-order valence-corrected chi connectivity index (χ2v) is 13.0. The van der Waals surface area contributed by atoms with Crippen LogP contribution in [0, 0.1) is 6.92 Å². The predicted molar refractivity (Wildman–Crippen MR) is 161 cm³/mol. The Balaban J connectivity index is 1.56. The van der Waals surface area contributed by atoms with E-state index >= 15 is 0 Å². The van der Waals surface area contributed by atoms with Gasteiger partial charge >= 0.3 is 10.4 Å². The van der Waals surface area contributed by atoms with Crippen molar-refractivity contribution in [2.45, 2.75) is 52.1 Å². The number of ether oxygens (including phenoxy) is 3. The predicted octanol–water partition coefficient (Wildman–Crippen LogP) is 5.55. The molecular weight excluding hydrogens is 544 g/mol. The van der Waals surface area contributed by atoms with E-state index in [1.165, 1.54) is 13.4 Å². The molecule has 4 rings (SSSR count). The van der Waals surface area contributed by atoms with Crippen molar-refractivity contribution in [2.75, 3.05) is 36.6 Å². The van der Waals surface area contributed by atoms with Crippen molar-refractivity contribution in [1.82, 2.24) is 10.3 Å². The van der Waals surface area contributed by atoms with Crippen molar-refractivity contribution < 1.29 is 27.8 Å². The van der Waals surface area contributed by atoms with Gasteiger partial charge in [0.2, 0.25) is 0 Å². The van der Waals surface area contributed by atoms with Gasteiger partial charge in [-0.3, -0.25) is 9.78 Å². The van der Waals surface area contributed by atoms with Crippen LogP contribution in [-0.4, -0.2) is 48.1 Å². The molecule has 3 aromatic rings. The van der Waals surface area contributed by atoms with Crippen LogP contribution in [0.4, 0.5) is 11.4 Å². The first-order valence-corrected chi connectivity index (χ1v) is 15.3. The summed E-state index contributed by atoms with van der Waals surface area (Å²) in [4.78, 5) is 17.9. The first-order valence-electron chi connectivity index (χ1n) is 13.4. The molecule has 0 spiro atoms. The highest BCUT2D eigenvalue weighted by atomic mass is 32.3. The number of nitrogens with zero attached hydrogens (tertiary/aromatic N) is 1. The Morgan fingerprint density at radius 3 is 2.59 bits per heavy atom. The van der Waals surface area contributed by atoms with Crippen molar-refractivity contribution in [3.05, 3.63) is 71.0 Å². The zero-order valence-electron chi connectivity index (χ0n) is 24.4. The van der Waals surface area contributed by atoms with E-state index in [1.54, 1.807) is 30.5 Å². The van der Waals surface area contributed by atoms with Crippen molar-refractivity contribution >= 4 is 27.7 Å². The van der Waals surface area contributed by atoms with Crippen LogP contribution in [-0.2, 0) is 31.3 Å². The Labute approximate surface area is 242 Å². The largest absolute Gasteiger partial charge is 0.492 e. The van der Waals surface area contributed by atoms with Crippen molar-refractivity contribution in [2.24, 2.45) is 0 Å². The standard InChI is InChI=1S/C30H38N4O6S/c1-19-7-8-20(13-27(19)40-24-9-11-31-23(16-24)17-32-22-10-12-39-18-22)29(35)33-25-14-21(30(2,3)4)15-26(28(25)38-5)34-41(6,36)37/h7-9,11,13-16,22,32H,10,12,17-18H2,1-6H3,(H2-,33,34,35,36,37)/p+1/t22-/m1/s1. The number of rotatable bonds is 10. The van der Waals surface area contributed by atoms with Crippen LogP contribution in [0.5, 0.6) is 17.2 Å². The highest BCUT2D eigenvalue weighted by Gasteiger charge is 2.26. The van der Waals surface area contributed by atoms with Crippen LogP contribution in [0.1, 0.15) is 54.4 Å². The van der Waals surface area contributed by atoms with Gasteiger partial charge in [0.25, 0.3) is 5.91 Å². The van der Waals surface area contributed by atoms with Crippen LogP contribution in [0.2, 0.25) is 0 Å². The fraction of sp³-hybridized carbons (Fsp3) is 0.400. The van der Waals surface area contributed by atoms with E-state index in [2.05, 4.69) is 20.3 Å². The smallest absolute Gasteiger partial charge is 0.307 e. The number of carbonyl (C=O) groups is 1. The number of aromatic nitrogens is 1. The summed E-state index contributed by atoms with van der Waals surface area (Å²) in [6.45, 7) is 10.0. The van der Waals surface area contributed by atoms with Crippen LogP contribution in [0.15, 0.2) is 48.7 Å². The summed E-state index contributed by atoms with van der Waals surface area (Å²) in [7, 11) is -1.90. The summed E-state index contributed by atoms with van der Waals surface area (Å²) in [5.41, 5.74) is 3.30. The van der Waals surface area contributed by atoms with E-state index in [1.807, 2.05) is 45.9 Å². The molecule has 41 heavy (non-hydrogen) atoms. The highest BCUT2D eigenvalue weighted by Crippen LogP contribution is 2.39. The average Bonchev–Trinajstić information content (AvgIpc) is 3.41. The lowest BCUT2D eigenvalue weighted by Crippen LogP contribution is -2.28. The number of amides is 1. The molecule has 0 bridgehead atoms. The van der Waals surface area contributed by atoms with Gasteiger partial charge in [-0.2, -0.15) is 9.27 Å². The van der Waals surface area contributed by atoms with Gasteiger partial charge in [0.1, 0.15) is 17.2 Å². The Kier molecular flexibility index (Phi) is 9.33. The fourth-order valence-corrected chi connectivity index (χ4v) is 4.95. The average molecular weight is 584 g/mol. The molecule has 0 aliphatic carbocycles. The maximum atomic E-state index is 13.4. The van der Waals surface area contributed by atoms with Gasteiger partial charge in [0, 0.05) is 37.0 Å². The molecule has 2 atom stereocenters. The lowest BCUT2D eigenvalue weighted by Gasteiger charge is -2.23. The van der Waals surface area contributed by atoms with E-state index in [-0.39, 0.29) is 17.1 Å². The monoisotopic (exact) mass is 583 g/mol. The summed E-state index contributed by atoms with van der Waals surface area (Å²) in [6.07, 6.45) is 3.86. The molecule has 1 saturated heterocycles. The minimum Gasteiger partial charge on any atom is -0.492 e. The number of aryl methyl sites for hydroxylation is 1. The minimum absolute atomic E-state index is 0.251. The number of hydrogen-bond acceptors (Lipinski definition) is 7. The maximum Gasteiger partial charge on any atom is 0.307 e. The Morgan fingerprint density at radius 1 is 1.17 bits per heavy atom. The van der Waals surface area contributed by atoms with E-state index in [0.29, 0.717) is 47.6 Å². The van der Waals surface area contributed by atoms with Gasteiger partial charge in [0.05, 0.1) is 25.1 Å². The van der Waals surface area contributed by atoms with Gasteiger partial charge in [-0.1, -0.05) is 26.8 Å². The third-order valence-electron chi connectivity index (χ3n) is 6.67. The lowest BCUT2D eigenvalue weighted by molar-refractivity contribution is 0.102. The molecule has 2 aromatic carbocycles. The first-order chi connectivity index (χ1) is 19.3. The Hall–Kier alpha value is -3.51. The van der Waals surface area contributed by atoms with E-state index in [9.17, 15) is 13.6 Å². The third-order valence-corrected chi connectivity index (χ3v) is 7.27. The highest BCUT2D eigenvalue weighted by molar-refractivity contribution is 7.98. The molecule has 1 unspecified atom stereocenters. The summed E-state index contributed by atoms with van der Waals surface area (Å²) in [6, 6.07) is 12.8. The van der Waals surface area contributed by atoms with Gasteiger partial charge in [-0.25, -0.2) is 0 Å². The molecule has 1 aromatic heterocycles. The lowest BCUT2D eigenvalue weighted by atomic mass is 9.86. The van der Waals surface area contributed by atoms with Gasteiger partial charge in [-0.05, 0) is 64.4 Å². The van der Waals surface area contributed by atoms with E-state index < -0.39 is 10.4 Å². The first kappa shape index (κ1) is 30.4. The van der Waals surface area contributed by atoms with Gasteiger partial charge in [0.15, 0.2) is 12.0 Å². The molecule has 0 radical (unpaired) electrons. The van der Waals surface area contributed by atoms with Gasteiger partial charge in [-0.15, -0.1) is 0 Å². The molecule has 1 aliphatic heterocycles. The maximum absolute atomic E-state index is 13.4. The van der Waals surface area contributed by atoms with Crippen molar-refractivity contribution in [3.63, 3.8) is 0 Å². The molecule has 1 fully saturated rings. The molecular formula is C30H39N4O6S+. The zero-order chi connectivity index (χ0) is 29.8. The number of anilines is 2. The SMILES string of the molecule is COc1c(NC(=O)c2ccc(C)c(Oc3ccnc(CN[C@@H]4CCOC4)c3)c2)cc(C(C)(C)C)cc1N[S+](C)(=O)O. The normalized spacial score (nSPS) is 16.6. The quantitative estimate of drug-likeness (QED) is 0.229. The fourth-order valence-electron chi connectivity index (χ4n) is 4.39. The van der Waals surface area contributed by atoms with Crippen LogP contribution in [0.25, 0.3) is 0 Å². The molecule has 1 amide bonds. The number of carbonyl (C=O) groups excluding carboxylic acids is 1. The van der Waals surface area contributed by atoms with Gasteiger partial charge < -0.3 is 24.8 Å². The second kappa shape index (κ2) is 12.6. The molecule has 1 aliphatic rings. The van der Waals surface area contributed by atoms with Crippen molar-refractivity contribution in [1.29, 1.82) is 0 Å². The molecule has 2 heterocycles. The summed E-state index contributed by atoms with van der Waals surface area (Å²) < 4.78 is 41.9. The van der Waals surface area contributed by atoms with E-state index in [0.717, 1.165) is 29.8 Å². The Morgan fingerprint density at radius 2 is 1.93 bits per heavy atom. The molecule has 0 saturated carbocycles. The third kappa shape index (κ3) is 8.26. The summed E-state index contributed by atoms with van der Waals surface area (Å²) >= 11 is 0.